The Morgan fingerprint density at radius 3 is 2.47 bits per heavy atom. The number of rotatable bonds is 7. The lowest BCUT2D eigenvalue weighted by Gasteiger charge is -2.09. The van der Waals surface area contributed by atoms with E-state index in [0.717, 1.165) is 4.68 Å². The van der Waals surface area contributed by atoms with Gasteiger partial charge in [0.1, 0.15) is 18.0 Å². The average Bonchev–Trinajstić information content (AvgIpc) is 3.21. The Labute approximate surface area is 206 Å². The third kappa shape index (κ3) is 4.38. The summed E-state index contributed by atoms with van der Waals surface area (Å²) in [5.74, 6) is 1.23. The number of benzene rings is 3. The summed E-state index contributed by atoms with van der Waals surface area (Å²) in [7, 11) is 1.52. The molecule has 9 nitrogen and oxygen atoms in total. The van der Waals surface area contributed by atoms with Crippen molar-refractivity contribution in [2.75, 3.05) is 12.4 Å². The second kappa shape index (κ2) is 9.53. The number of nitrogens with one attached hydrogen (secondary N) is 1. The quantitative estimate of drug-likeness (QED) is 0.363. The predicted octanol–water partition coefficient (Wildman–Crippen LogP) is 4.61. The van der Waals surface area contributed by atoms with Gasteiger partial charge in [0.2, 0.25) is 11.6 Å². The van der Waals surface area contributed by atoms with Gasteiger partial charge < -0.3 is 14.8 Å². The van der Waals surface area contributed by atoms with Gasteiger partial charge in [-0.25, -0.2) is 18.9 Å². The van der Waals surface area contributed by atoms with Gasteiger partial charge in [-0.1, -0.05) is 50.2 Å². The molecule has 2 aromatic heterocycles. The highest BCUT2D eigenvalue weighted by molar-refractivity contribution is 5.92. The highest BCUT2D eigenvalue weighted by Crippen LogP contribution is 2.27. The van der Waals surface area contributed by atoms with Crippen molar-refractivity contribution in [1.82, 2.24) is 19.2 Å². The van der Waals surface area contributed by atoms with E-state index in [1.165, 1.54) is 17.1 Å². The zero-order chi connectivity index (χ0) is 25.2. The zero-order valence-corrected chi connectivity index (χ0v) is 20.1. The van der Waals surface area contributed by atoms with Crippen LogP contribution in [0.2, 0.25) is 0 Å². The summed E-state index contributed by atoms with van der Waals surface area (Å²) in [6.45, 7) is 3.94. The summed E-state index contributed by atoms with van der Waals surface area (Å²) in [6.07, 6.45) is 0. The molecule has 0 radical (unpaired) electrons. The number of para-hydroxylation sites is 4. The second-order valence-corrected chi connectivity index (χ2v) is 8.58. The number of anilines is 1. The normalized spacial score (nSPS) is 11.2. The third-order valence-corrected chi connectivity index (χ3v) is 5.81. The molecule has 0 aliphatic rings. The van der Waals surface area contributed by atoms with Gasteiger partial charge in [0.05, 0.1) is 23.8 Å². The zero-order valence-electron chi connectivity index (χ0n) is 20.1. The molecule has 3 aromatic carbocycles. The van der Waals surface area contributed by atoms with Crippen LogP contribution < -0.4 is 20.5 Å². The van der Waals surface area contributed by atoms with Crippen LogP contribution in [0.25, 0.3) is 16.7 Å². The van der Waals surface area contributed by atoms with Gasteiger partial charge in [0.25, 0.3) is 5.88 Å². The molecule has 0 aliphatic carbocycles. The molecule has 0 atom stereocenters. The number of carbonyl (C=O) groups excluding carboxylic acids is 1. The van der Waals surface area contributed by atoms with E-state index in [-0.39, 0.29) is 18.1 Å². The fraction of sp³-hybridized carbons (Fsp3) is 0.185. The predicted molar refractivity (Wildman–Crippen MR) is 137 cm³/mol. The fourth-order valence-electron chi connectivity index (χ4n) is 3.95. The molecule has 1 amide bonds. The molecule has 0 aliphatic heterocycles. The molecule has 0 spiro atoms. The van der Waals surface area contributed by atoms with Gasteiger partial charge in [-0.2, -0.15) is 0 Å². The van der Waals surface area contributed by atoms with E-state index in [9.17, 15) is 9.59 Å². The number of nitrogens with zero attached hydrogens (tertiary/aromatic N) is 4. The lowest BCUT2D eigenvalue weighted by Crippen LogP contribution is -2.28. The molecule has 9 heteroatoms. The topological polar surface area (TPSA) is 99.8 Å². The van der Waals surface area contributed by atoms with Crippen molar-refractivity contribution in [3.63, 3.8) is 0 Å². The summed E-state index contributed by atoms with van der Waals surface area (Å²) in [5, 5.41) is 7.18. The minimum atomic E-state index is -0.473. The lowest BCUT2D eigenvalue weighted by atomic mass is 10.0. The van der Waals surface area contributed by atoms with E-state index < -0.39 is 11.6 Å². The largest absolute Gasteiger partial charge is 0.495 e. The monoisotopic (exact) mass is 483 g/mol. The van der Waals surface area contributed by atoms with E-state index in [4.69, 9.17) is 9.47 Å². The average molecular weight is 484 g/mol. The van der Waals surface area contributed by atoms with Gasteiger partial charge in [-0.3, -0.25) is 4.79 Å². The maximum atomic E-state index is 13.4. The lowest BCUT2D eigenvalue weighted by molar-refractivity contribution is -0.117. The Hall–Kier alpha value is -4.66. The van der Waals surface area contributed by atoms with Crippen molar-refractivity contribution in [1.29, 1.82) is 0 Å². The van der Waals surface area contributed by atoms with Crippen LogP contribution >= 0.6 is 0 Å². The van der Waals surface area contributed by atoms with Crippen molar-refractivity contribution < 1.29 is 14.3 Å². The van der Waals surface area contributed by atoms with Crippen LogP contribution in [0.5, 0.6) is 17.4 Å². The summed E-state index contributed by atoms with van der Waals surface area (Å²) in [5.41, 5.74) is 2.56. The fourth-order valence-corrected chi connectivity index (χ4v) is 3.95. The van der Waals surface area contributed by atoms with Gasteiger partial charge in [0.15, 0.2) is 0 Å². The highest BCUT2D eigenvalue weighted by atomic mass is 16.5. The standard InChI is InChI=1S/C27H25N5O4/c1-17(2)18-12-14-19(15-13-18)36-26-25-30-31(16-24(33)28-21-9-5-7-11-23(21)35-3)27(34)32(25)22-10-6-4-8-20(22)29-26/h4-15,17H,16H2,1-3H3,(H,28,33). The van der Waals surface area contributed by atoms with E-state index in [0.29, 0.717) is 34.1 Å². The van der Waals surface area contributed by atoms with Crippen LogP contribution in [0.15, 0.2) is 77.6 Å². The molecule has 182 valence electrons. The Bertz CT molecular complexity index is 1620. The van der Waals surface area contributed by atoms with Crippen LogP contribution in [0.3, 0.4) is 0 Å². The molecule has 0 fully saturated rings. The second-order valence-electron chi connectivity index (χ2n) is 8.58. The van der Waals surface area contributed by atoms with Crippen molar-refractivity contribution in [2.45, 2.75) is 26.3 Å². The number of ether oxygens (including phenoxy) is 2. The Morgan fingerprint density at radius 2 is 1.72 bits per heavy atom. The van der Waals surface area contributed by atoms with Crippen LogP contribution in [0.4, 0.5) is 5.69 Å². The molecule has 0 saturated carbocycles. The minimum Gasteiger partial charge on any atom is -0.495 e. The first-order valence-electron chi connectivity index (χ1n) is 11.5. The van der Waals surface area contributed by atoms with Crippen molar-refractivity contribution in [3.8, 4) is 17.4 Å². The van der Waals surface area contributed by atoms with E-state index in [2.05, 4.69) is 29.2 Å². The first-order valence-corrected chi connectivity index (χ1v) is 11.5. The number of fused-ring (bicyclic) bond motifs is 3. The number of carbonyl (C=O) groups is 1. The van der Waals surface area contributed by atoms with Gasteiger partial charge in [0, 0.05) is 0 Å². The first kappa shape index (κ1) is 23.1. The molecular formula is C27H25N5O4. The maximum Gasteiger partial charge on any atom is 0.351 e. The van der Waals surface area contributed by atoms with Gasteiger partial charge in [-0.05, 0) is 47.9 Å². The Morgan fingerprint density at radius 1 is 1.00 bits per heavy atom. The van der Waals surface area contributed by atoms with Crippen molar-refractivity contribution in [2.24, 2.45) is 0 Å². The molecule has 36 heavy (non-hydrogen) atoms. The number of methoxy groups -OCH3 is 1. The number of amides is 1. The summed E-state index contributed by atoms with van der Waals surface area (Å²) in [6, 6.07) is 22.0. The van der Waals surface area contributed by atoms with Crippen LogP contribution in [-0.4, -0.2) is 32.2 Å². The molecule has 0 bridgehead atoms. The van der Waals surface area contributed by atoms with Crippen LogP contribution in [0.1, 0.15) is 25.3 Å². The van der Waals surface area contributed by atoms with E-state index >= 15 is 0 Å². The van der Waals surface area contributed by atoms with Crippen LogP contribution in [0, 0.1) is 0 Å². The first-order chi connectivity index (χ1) is 17.4. The molecule has 0 unspecified atom stereocenters. The third-order valence-electron chi connectivity index (χ3n) is 5.81. The Balaban J connectivity index is 1.53. The highest BCUT2D eigenvalue weighted by Gasteiger charge is 2.19. The van der Waals surface area contributed by atoms with Gasteiger partial charge >= 0.3 is 5.69 Å². The molecular weight excluding hydrogens is 458 g/mol. The number of hydrogen-bond donors (Lipinski definition) is 1. The molecule has 1 N–H and O–H groups in total. The van der Waals surface area contributed by atoms with E-state index in [1.807, 2.05) is 36.4 Å². The van der Waals surface area contributed by atoms with Gasteiger partial charge in [-0.15, -0.1) is 5.10 Å². The summed E-state index contributed by atoms with van der Waals surface area (Å²) in [4.78, 5) is 30.7. The number of hydrogen-bond acceptors (Lipinski definition) is 6. The van der Waals surface area contributed by atoms with Crippen molar-refractivity contribution in [3.05, 3.63) is 88.8 Å². The molecule has 5 aromatic rings. The molecule has 2 heterocycles. The summed E-state index contributed by atoms with van der Waals surface area (Å²) >= 11 is 0. The SMILES string of the molecule is COc1ccccc1NC(=O)Cn1nc2c(Oc3ccc(C(C)C)cc3)nc3ccccc3n2c1=O. The van der Waals surface area contributed by atoms with Crippen LogP contribution in [-0.2, 0) is 11.3 Å². The summed E-state index contributed by atoms with van der Waals surface area (Å²) < 4.78 is 13.9. The Kier molecular flexibility index (Phi) is 6.12. The number of aromatic nitrogens is 4. The smallest absolute Gasteiger partial charge is 0.351 e. The maximum absolute atomic E-state index is 13.4. The van der Waals surface area contributed by atoms with Crippen molar-refractivity contribution >= 4 is 28.3 Å². The molecule has 5 rings (SSSR count). The van der Waals surface area contributed by atoms with E-state index in [1.54, 1.807) is 36.4 Å². The molecule has 0 saturated heterocycles. The minimum absolute atomic E-state index is 0.173.